The van der Waals surface area contributed by atoms with Gasteiger partial charge in [-0.05, 0) is 13.8 Å². The summed E-state index contributed by atoms with van der Waals surface area (Å²) in [6.07, 6.45) is 1.66. The normalized spacial score (nSPS) is 16.2. The first-order chi connectivity index (χ1) is 7.63. The van der Waals surface area contributed by atoms with Gasteiger partial charge in [0.25, 0.3) is 5.91 Å². The molecule has 88 valence electrons. The van der Waals surface area contributed by atoms with Crippen LogP contribution in [0.3, 0.4) is 0 Å². The summed E-state index contributed by atoms with van der Waals surface area (Å²) in [7, 11) is 1.64. The number of carbonyl (C=O) groups excluding carboxylic acids is 1. The van der Waals surface area contributed by atoms with E-state index in [9.17, 15) is 4.79 Å². The Kier molecular flexibility index (Phi) is 2.96. The minimum Gasteiger partial charge on any atom is -0.354 e. The van der Waals surface area contributed by atoms with Crippen molar-refractivity contribution in [3.8, 4) is 0 Å². The highest BCUT2D eigenvalue weighted by molar-refractivity contribution is 5.92. The summed E-state index contributed by atoms with van der Waals surface area (Å²) < 4.78 is 2.01. The standard InChI is InChI=1S/C11H18N4O/c1-8(2)14-4-5-15-9(11(16)12-3)6-13-10(15)7-14/h6,8H,4-5,7H2,1-3H3,(H,12,16). The maximum Gasteiger partial charge on any atom is 0.269 e. The molecular weight excluding hydrogens is 204 g/mol. The SMILES string of the molecule is CNC(=O)c1cnc2n1CCN(C(C)C)C2. The van der Waals surface area contributed by atoms with E-state index < -0.39 is 0 Å². The lowest BCUT2D eigenvalue weighted by Crippen LogP contribution is -2.39. The van der Waals surface area contributed by atoms with Crippen molar-refractivity contribution in [2.24, 2.45) is 0 Å². The molecule has 0 saturated carbocycles. The molecule has 1 aliphatic rings. The van der Waals surface area contributed by atoms with E-state index >= 15 is 0 Å². The Morgan fingerprint density at radius 3 is 2.88 bits per heavy atom. The van der Waals surface area contributed by atoms with Crippen LogP contribution in [0.2, 0.25) is 0 Å². The number of nitrogens with zero attached hydrogens (tertiary/aromatic N) is 3. The van der Waals surface area contributed by atoms with Gasteiger partial charge in [-0.1, -0.05) is 0 Å². The first kappa shape index (κ1) is 11.1. The Morgan fingerprint density at radius 2 is 2.25 bits per heavy atom. The lowest BCUT2D eigenvalue weighted by atomic mass is 10.2. The van der Waals surface area contributed by atoms with Crippen LogP contribution in [0.1, 0.15) is 30.2 Å². The van der Waals surface area contributed by atoms with Gasteiger partial charge in [0.1, 0.15) is 11.5 Å². The third kappa shape index (κ3) is 1.82. The second-order valence-electron chi connectivity index (χ2n) is 4.35. The molecule has 2 heterocycles. The lowest BCUT2D eigenvalue weighted by Gasteiger charge is -2.31. The van der Waals surface area contributed by atoms with E-state index in [2.05, 4.69) is 29.0 Å². The van der Waals surface area contributed by atoms with Gasteiger partial charge < -0.3 is 9.88 Å². The van der Waals surface area contributed by atoms with Gasteiger partial charge in [0.2, 0.25) is 0 Å². The van der Waals surface area contributed by atoms with Gasteiger partial charge in [0, 0.05) is 26.2 Å². The summed E-state index contributed by atoms with van der Waals surface area (Å²) >= 11 is 0. The number of fused-ring (bicyclic) bond motifs is 1. The van der Waals surface area contributed by atoms with Crippen LogP contribution in [0, 0.1) is 0 Å². The molecular formula is C11H18N4O. The third-order valence-electron chi connectivity index (χ3n) is 3.08. The van der Waals surface area contributed by atoms with Crippen molar-refractivity contribution < 1.29 is 4.79 Å². The van der Waals surface area contributed by atoms with Gasteiger partial charge >= 0.3 is 0 Å². The van der Waals surface area contributed by atoms with Crippen molar-refractivity contribution in [1.82, 2.24) is 19.8 Å². The van der Waals surface area contributed by atoms with Crippen molar-refractivity contribution in [2.75, 3.05) is 13.6 Å². The smallest absolute Gasteiger partial charge is 0.269 e. The molecule has 5 heteroatoms. The van der Waals surface area contributed by atoms with Crippen LogP contribution in [0.15, 0.2) is 6.20 Å². The summed E-state index contributed by atoms with van der Waals surface area (Å²) in [5.41, 5.74) is 0.668. The van der Waals surface area contributed by atoms with Crippen LogP contribution in [-0.2, 0) is 13.1 Å². The predicted octanol–water partition coefficient (Wildman–Crippen LogP) is 0.467. The van der Waals surface area contributed by atoms with Crippen molar-refractivity contribution in [3.05, 3.63) is 17.7 Å². The van der Waals surface area contributed by atoms with Crippen LogP contribution >= 0.6 is 0 Å². The average Bonchev–Trinajstić information content (AvgIpc) is 2.70. The van der Waals surface area contributed by atoms with E-state index in [4.69, 9.17) is 0 Å². The first-order valence-corrected chi connectivity index (χ1v) is 5.64. The van der Waals surface area contributed by atoms with Gasteiger partial charge in [0.05, 0.1) is 12.7 Å². The molecule has 16 heavy (non-hydrogen) atoms. The maximum absolute atomic E-state index is 11.6. The molecule has 0 saturated heterocycles. The molecule has 0 fully saturated rings. The molecule has 1 N–H and O–H groups in total. The van der Waals surface area contributed by atoms with Crippen molar-refractivity contribution in [3.63, 3.8) is 0 Å². The molecule has 0 atom stereocenters. The number of amides is 1. The summed E-state index contributed by atoms with van der Waals surface area (Å²) in [6, 6.07) is 0.522. The van der Waals surface area contributed by atoms with Crippen molar-refractivity contribution in [1.29, 1.82) is 0 Å². The van der Waals surface area contributed by atoms with Crippen LogP contribution in [0.4, 0.5) is 0 Å². The maximum atomic E-state index is 11.6. The second-order valence-corrected chi connectivity index (χ2v) is 4.35. The molecule has 1 aliphatic heterocycles. The monoisotopic (exact) mass is 222 g/mol. The van der Waals surface area contributed by atoms with Gasteiger partial charge in [0.15, 0.2) is 0 Å². The zero-order valence-corrected chi connectivity index (χ0v) is 10.0. The lowest BCUT2D eigenvalue weighted by molar-refractivity contribution is 0.0947. The number of aromatic nitrogens is 2. The first-order valence-electron chi connectivity index (χ1n) is 5.64. The third-order valence-corrected chi connectivity index (χ3v) is 3.08. The molecule has 0 aromatic carbocycles. The number of carbonyl (C=O) groups is 1. The van der Waals surface area contributed by atoms with E-state index in [0.29, 0.717) is 11.7 Å². The molecule has 0 aliphatic carbocycles. The summed E-state index contributed by atoms with van der Waals surface area (Å²) in [4.78, 5) is 18.3. The zero-order valence-electron chi connectivity index (χ0n) is 10.0. The van der Waals surface area contributed by atoms with Crippen molar-refractivity contribution in [2.45, 2.75) is 33.0 Å². The molecule has 0 radical (unpaired) electrons. The molecule has 1 amide bonds. The zero-order chi connectivity index (χ0) is 11.7. The number of hydrogen-bond acceptors (Lipinski definition) is 3. The topological polar surface area (TPSA) is 50.2 Å². The molecule has 0 spiro atoms. The summed E-state index contributed by atoms with van der Waals surface area (Å²) in [5, 5.41) is 2.64. The Hall–Kier alpha value is -1.36. The molecule has 1 aromatic heterocycles. The van der Waals surface area contributed by atoms with Crippen molar-refractivity contribution >= 4 is 5.91 Å². The van der Waals surface area contributed by atoms with Crippen LogP contribution in [0.5, 0.6) is 0 Å². The molecule has 0 bridgehead atoms. The number of rotatable bonds is 2. The van der Waals surface area contributed by atoms with E-state index in [-0.39, 0.29) is 5.91 Å². The van der Waals surface area contributed by atoms with Gasteiger partial charge in [-0.25, -0.2) is 4.98 Å². The Labute approximate surface area is 95.5 Å². The fourth-order valence-corrected chi connectivity index (χ4v) is 2.03. The fourth-order valence-electron chi connectivity index (χ4n) is 2.03. The minimum atomic E-state index is -0.0586. The van der Waals surface area contributed by atoms with Gasteiger partial charge in [-0.2, -0.15) is 0 Å². The largest absolute Gasteiger partial charge is 0.354 e. The highest BCUT2D eigenvalue weighted by atomic mass is 16.1. The van der Waals surface area contributed by atoms with Crippen LogP contribution in [0.25, 0.3) is 0 Å². The van der Waals surface area contributed by atoms with Crippen LogP contribution < -0.4 is 5.32 Å². The van der Waals surface area contributed by atoms with E-state index in [1.54, 1.807) is 13.2 Å². The molecule has 5 nitrogen and oxygen atoms in total. The second kappa shape index (κ2) is 4.25. The Balaban J connectivity index is 2.23. The molecule has 2 rings (SSSR count). The van der Waals surface area contributed by atoms with Gasteiger partial charge in [-0.3, -0.25) is 9.69 Å². The van der Waals surface area contributed by atoms with Gasteiger partial charge in [-0.15, -0.1) is 0 Å². The quantitative estimate of drug-likeness (QED) is 0.791. The highest BCUT2D eigenvalue weighted by Gasteiger charge is 2.23. The molecule has 1 aromatic rings. The van der Waals surface area contributed by atoms with E-state index in [1.165, 1.54) is 0 Å². The number of imidazole rings is 1. The minimum absolute atomic E-state index is 0.0586. The van der Waals surface area contributed by atoms with Crippen LogP contribution in [-0.4, -0.2) is 40.0 Å². The highest BCUT2D eigenvalue weighted by Crippen LogP contribution is 2.15. The Bertz CT molecular complexity index is 397. The van der Waals surface area contributed by atoms with E-state index in [0.717, 1.165) is 25.5 Å². The predicted molar refractivity (Wildman–Crippen MR) is 61.2 cm³/mol. The summed E-state index contributed by atoms with van der Waals surface area (Å²) in [6.45, 7) is 7.01. The number of hydrogen-bond donors (Lipinski definition) is 1. The Morgan fingerprint density at radius 1 is 1.50 bits per heavy atom. The summed E-state index contributed by atoms with van der Waals surface area (Å²) in [5.74, 6) is 0.926. The van der Waals surface area contributed by atoms with E-state index in [1.807, 2.05) is 4.57 Å². The average molecular weight is 222 g/mol. The number of nitrogens with one attached hydrogen (secondary N) is 1. The molecule has 0 unspecified atom stereocenters. The fraction of sp³-hybridized carbons (Fsp3) is 0.636.